The van der Waals surface area contributed by atoms with Crippen LogP contribution in [0.4, 0.5) is 0 Å². The van der Waals surface area contributed by atoms with Crippen molar-refractivity contribution in [3.63, 3.8) is 0 Å². The molecule has 0 aromatic heterocycles. The van der Waals surface area contributed by atoms with E-state index < -0.39 is 29.8 Å². The minimum atomic E-state index is -0.796. The summed E-state index contributed by atoms with van der Waals surface area (Å²) >= 11 is 0. The first kappa shape index (κ1) is 20.9. The Morgan fingerprint density at radius 1 is 1.12 bits per heavy atom. The number of rotatable bonds is 2. The Morgan fingerprint density at radius 2 is 1.72 bits per heavy atom. The lowest BCUT2D eigenvalue weighted by molar-refractivity contribution is -0.143. The van der Waals surface area contributed by atoms with Gasteiger partial charge in [-0.05, 0) is 33.1 Å². The van der Waals surface area contributed by atoms with Gasteiger partial charge in [-0.2, -0.15) is 0 Å². The molecule has 1 rings (SSSR count). The van der Waals surface area contributed by atoms with Crippen molar-refractivity contribution in [2.24, 2.45) is 17.6 Å². The SMILES string of the molecule is CCN1C(=O)C(C)NC(=O)C(C)C(C)C(=O)NCCCCC1C(N)=O. The Balaban J connectivity index is 3.04. The molecule has 4 N–H and O–H groups in total. The third kappa shape index (κ3) is 5.44. The van der Waals surface area contributed by atoms with Crippen molar-refractivity contribution in [1.82, 2.24) is 15.5 Å². The zero-order valence-corrected chi connectivity index (χ0v) is 15.5. The minimum Gasteiger partial charge on any atom is -0.368 e. The molecular weight excluding hydrogens is 324 g/mol. The molecule has 0 aromatic rings. The van der Waals surface area contributed by atoms with Crippen molar-refractivity contribution in [2.45, 2.75) is 59.0 Å². The smallest absolute Gasteiger partial charge is 0.245 e. The number of likely N-dealkylation sites (N-methyl/N-ethyl adjacent to an activating group) is 1. The summed E-state index contributed by atoms with van der Waals surface area (Å²) in [6.07, 6.45) is 1.75. The van der Waals surface area contributed by atoms with Crippen LogP contribution in [0.15, 0.2) is 0 Å². The van der Waals surface area contributed by atoms with E-state index in [9.17, 15) is 19.2 Å². The van der Waals surface area contributed by atoms with Crippen LogP contribution in [0.2, 0.25) is 0 Å². The van der Waals surface area contributed by atoms with Gasteiger partial charge in [0.15, 0.2) is 0 Å². The van der Waals surface area contributed by atoms with Gasteiger partial charge in [-0.15, -0.1) is 0 Å². The van der Waals surface area contributed by atoms with Gasteiger partial charge in [0.2, 0.25) is 23.6 Å². The zero-order chi connectivity index (χ0) is 19.1. The lowest BCUT2D eigenvalue weighted by Gasteiger charge is -2.32. The van der Waals surface area contributed by atoms with Crippen LogP contribution in [0.1, 0.15) is 47.0 Å². The van der Waals surface area contributed by atoms with E-state index >= 15 is 0 Å². The second-order valence-electron chi connectivity index (χ2n) is 6.64. The lowest BCUT2D eigenvalue weighted by Crippen LogP contribution is -2.55. The monoisotopic (exact) mass is 354 g/mol. The van der Waals surface area contributed by atoms with E-state index in [1.165, 1.54) is 4.90 Å². The largest absolute Gasteiger partial charge is 0.368 e. The Hall–Kier alpha value is -2.12. The number of amides is 4. The van der Waals surface area contributed by atoms with Crippen LogP contribution in [-0.2, 0) is 19.2 Å². The molecule has 0 aliphatic carbocycles. The third-order valence-corrected chi connectivity index (χ3v) is 4.84. The molecule has 8 nitrogen and oxygen atoms in total. The maximum Gasteiger partial charge on any atom is 0.245 e. The second-order valence-corrected chi connectivity index (χ2v) is 6.64. The van der Waals surface area contributed by atoms with Gasteiger partial charge >= 0.3 is 0 Å². The van der Waals surface area contributed by atoms with Gasteiger partial charge in [-0.1, -0.05) is 13.8 Å². The average molecular weight is 354 g/mol. The molecule has 25 heavy (non-hydrogen) atoms. The number of nitrogens with one attached hydrogen (secondary N) is 2. The molecule has 1 saturated heterocycles. The van der Waals surface area contributed by atoms with E-state index in [1.54, 1.807) is 27.7 Å². The summed E-state index contributed by atoms with van der Waals surface area (Å²) in [6, 6.07) is -1.51. The molecule has 0 saturated carbocycles. The fraction of sp³-hybridized carbons (Fsp3) is 0.765. The number of carbonyl (C=O) groups excluding carboxylic acids is 4. The van der Waals surface area contributed by atoms with Crippen LogP contribution >= 0.6 is 0 Å². The van der Waals surface area contributed by atoms with Gasteiger partial charge in [0, 0.05) is 24.9 Å². The fourth-order valence-electron chi connectivity index (χ4n) is 2.93. The molecule has 8 heteroatoms. The predicted octanol–water partition coefficient (Wildman–Crippen LogP) is -0.234. The highest BCUT2D eigenvalue weighted by Gasteiger charge is 2.33. The van der Waals surface area contributed by atoms with Crippen LogP contribution in [-0.4, -0.2) is 53.7 Å². The number of hydrogen-bond acceptors (Lipinski definition) is 4. The van der Waals surface area contributed by atoms with E-state index in [0.717, 1.165) is 0 Å². The Kier molecular flexibility index (Phi) is 7.86. The number of carbonyl (C=O) groups is 4. The molecule has 4 unspecified atom stereocenters. The van der Waals surface area contributed by atoms with E-state index in [-0.39, 0.29) is 17.7 Å². The summed E-state index contributed by atoms with van der Waals surface area (Å²) in [5.41, 5.74) is 5.48. The Bertz CT molecular complexity index is 523. The molecule has 0 spiro atoms. The molecule has 0 bridgehead atoms. The molecule has 1 heterocycles. The first-order valence-electron chi connectivity index (χ1n) is 8.88. The maximum atomic E-state index is 12.7. The van der Waals surface area contributed by atoms with Gasteiger partial charge in [0.25, 0.3) is 0 Å². The van der Waals surface area contributed by atoms with Crippen molar-refractivity contribution in [3.8, 4) is 0 Å². The van der Waals surface area contributed by atoms with Crippen molar-refractivity contribution in [1.29, 1.82) is 0 Å². The quantitative estimate of drug-likeness (QED) is 0.634. The number of nitrogens with two attached hydrogens (primary N) is 1. The average Bonchev–Trinajstić information content (AvgIpc) is 2.57. The number of hydrogen-bond donors (Lipinski definition) is 3. The first-order valence-corrected chi connectivity index (χ1v) is 8.88. The summed E-state index contributed by atoms with van der Waals surface area (Å²) in [6.45, 7) is 7.49. The zero-order valence-electron chi connectivity index (χ0n) is 15.5. The fourth-order valence-corrected chi connectivity index (χ4v) is 2.93. The summed E-state index contributed by atoms with van der Waals surface area (Å²) in [5.74, 6) is -2.54. The third-order valence-electron chi connectivity index (χ3n) is 4.84. The number of primary amides is 1. The van der Waals surface area contributed by atoms with Crippen LogP contribution in [0.5, 0.6) is 0 Å². The highest BCUT2D eigenvalue weighted by atomic mass is 16.2. The van der Waals surface area contributed by atoms with Gasteiger partial charge in [-0.25, -0.2) is 0 Å². The van der Waals surface area contributed by atoms with Crippen molar-refractivity contribution < 1.29 is 19.2 Å². The minimum absolute atomic E-state index is 0.194. The topological polar surface area (TPSA) is 122 Å². The Labute approximate surface area is 148 Å². The van der Waals surface area contributed by atoms with E-state index in [1.807, 2.05) is 0 Å². The predicted molar refractivity (Wildman–Crippen MR) is 93.2 cm³/mol. The van der Waals surface area contributed by atoms with E-state index in [0.29, 0.717) is 32.4 Å². The standard InChI is InChI=1S/C17H30N4O4/c1-5-21-13(14(18)22)8-6-7-9-19-15(23)10(2)11(3)16(24)20-12(4)17(21)25/h10-13H,5-9H2,1-4H3,(H2,18,22)(H,19,23)(H,20,24). The second kappa shape index (κ2) is 9.39. The first-order chi connectivity index (χ1) is 11.7. The van der Waals surface area contributed by atoms with Crippen molar-refractivity contribution in [3.05, 3.63) is 0 Å². The number of nitrogens with zero attached hydrogens (tertiary/aromatic N) is 1. The van der Waals surface area contributed by atoms with Gasteiger partial charge < -0.3 is 21.3 Å². The highest BCUT2D eigenvalue weighted by molar-refractivity contribution is 5.93. The van der Waals surface area contributed by atoms with Crippen LogP contribution in [0, 0.1) is 11.8 Å². The van der Waals surface area contributed by atoms with E-state index in [4.69, 9.17) is 5.73 Å². The molecule has 1 aliphatic rings. The summed E-state index contributed by atoms with van der Waals surface area (Å²) in [5, 5.41) is 5.46. The summed E-state index contributed by atoms with van der Waals surface area (Å²) in [4.78, 5) is 50.4. The highest BCUT2D eigenvalue weighted by Crippen LogP contribution is 2.15. The van der Waals surface area contributed by atoms with E-state index in [2.05, 4.69) is 10.6 Å². The van der Waals surface area contributed by atoms with Gasteiger partial charge in [0.05, 0.1) is 0 Å². The van der Waals surface area contributed by atoms with Crippen molar-refractivity contribution in [2.75, 3.05) is 13.1 Å². The molecule has 4 amide bonds. The van der Waals surface area contributed by atoms with Gasteiger partial charge in [0.1, 0.15) is 12.1 Å². The summed E-state index contributed by atoms with van der Waals surface area (Å²) < 4.78 is 0. The molecular formula is C17H30N4O4. The normalized spacial score (nSPS) is 30.2. The molecule has 142 valence electrons. The lowest BCUT2D eigenvalue weighted by atomic mass is 9.93. The van der Waals surface area contributed by atoms with Crippen LogP contribution < -0.4 is 16.4 Å². The summed E-state index contributed by atoms with van der Waals surface area (Å²) in [7, 11) is 0. The van der Waals surface area contributed by atoms with Gasteiger partial charge in [-0.3, -0.25) is 19.2 Å². The molecule has 1 fully saturated rings. The molecule has 4 atom stereocenters. The molecule has 1 aliphatic heterocycles. The molecule has 0 aromatic carbocycles. The van der Waals surface area contributed by atoms with Crippen LogP contribution in [0.25, 0.3) is 0 Å². The van der Waals surface area contributed by atoms with Crippen molar-refractivity contribution >= 4 is 23.6 Å². The maximum absolute atomic E-state index is 12.7. The Morgan fingerprint density at radius 3 is 2.28 bits per heavy atom. The van der Waals surface area contributed by atoms with Crippen LogP contribution in [0.3, 0.4) is 0 Å². The molecule has 0 radical (unpaired) electrons.